The molecule has 0 fully saturated rings. The maximum absolute atomic E-state index is 0. The monoisotopic (exact) mass is 215 g/mol. The third kappa shape index (κ3) is 21.5. The van der Waals surface area contributed by atoms with Gasteiger partial charge in [0.2, 0.25) is 0 Å². The molecule has 0 aliphatic rings. The Balaban J connectivity index is 0. The van der Waals surface area contributed by atoms with Crippen molar-refractivity contribution < 1.29 is 74.2 Å². The van der Waals surface area contributed by atoms with Crippen LogP contribution in [0.25, 0.3) is 0 Å². The standard InChI is InChI=1S/B.4V. The van der Waals surface area contributed by atoms with Crippen LogP contribution in [0.4, 0.5) is 0 Å². The van der Waals surface area contributed by atoms with Gasteiger partial charge in [-0.3, -0.25) is 0 Å². The van der Waals surface area contributed by atoms with Crippen molar-refractivity contribution in [2.45, 2.75) is 0 Å². The molecule has 0 heterocycles. The molecule has 0 nitrogen and oxygen atoms in total. The molecule has 0 aromatic carbocycles. The average molecular weight is 215 g/mol. The van der Waals surface area contributed by atoms with Crippen LogP contribution in [0.2, 0.25) is 0 Å². The second kappa shape index (κ2) is 32.4. The van der Waals surface area contributed by atoms with E-state index in [9.17, 15) is 0 Å². The van der Waals surface area contributed by atoms with Crippen molar-refractivity contribution in [1.29, 1.82) is 0 Å². The first-order valence-electron chi connectivity index (χ1n) is 0. The van der Waals surface area contributed by atoms with Crippen molar-refractivity contribution in [2.24, 2.45) is 0 Å². The van der Waals surface area contributed by atoms with E-state index in [2.05, 4.69) is 0 Å². The molecule has 7 radical (unpaired) electrons. The van der Waals surface area contributed by atoms with Gasteiger partial charge in [0.1, 0.15) is 0 Å². The van der Waals surface area contributed by atoms with Gasteiger partial charge in [0, 0.05) is 82.6 Å². The van der Waals surface area contributed by atoms with Crippen molar-refractivity contribution in [3.63, 3.8) is 0 Å². The van der Waals surface area contributed by atoms with Gasteiger partial charge in [-0.05, 0) is 0 Å². The summed E-state index contributed by atoms with van der Waals surface area (Å²) in [6.07, 6.45) is 0. The average Bonchev–Trinajstić information content (AvgIpc) is 0. The molecule has 0 rings (SSSR count). The molecule has 5 heteroatoms. The molecule has 0 aliphatic carbocycles. The Morgan fingerprint density at radius 3 is 0.400 bits per heavy atom. The van der Waals surface area contributed by atoms with Gasteiger partial charge in [0.05, 0.1) is 0 Å². The zero-order chi connectivity index (χ0) is 0. The zero-order valence-corrected chi connectivity index (χ0v) is 7.95. The Hall–Kier alpha value is 2.40. The Morgan fingerprint density at radius 1 is 0.400 bits per heavy atom. The van der Waals surface area contributed by atoms with Crippen LogP contribution in [0.3, 0.4) is 0 Å². The minimum absolute atomic E-state index is 0. The van der Waals surface area contributed by atoms with E-state index in [1.54, 1.807) is 0 Å². The third-order valence-corrected chi connectivity index (χ3v) is 0. The van der Waals surface area contributed by atoms with E-state index in [1.807, 2.05) is 0 Å². The largest absolute Gasteiger partial charge is 0 e. The Bertz CT molecular complexity index is 3.61. The maximum Gasteiger partial charge on any atom is 0 e. The normalized spacial score (nSPS) is 0. The van der Waals surface area contributed by atoms with Crippen molar-refractivity contribution >= 4 is 8.41 Å². The van der Waals surface area contributed by atoms with Crippen molar-refractivity contribution in [3.05, 3.63) is 0 Å². The maximum atomic E-state index is 0. The van der Waals surface area contributed by atoms with E-state index in [0.29, 0.717) is 0 Å². The van der Waals surface area contributed by atoms with E-state index in [-0.39, 0.29) is 82.6 Å². The van der Waals surface area contributed by atoms with Gasteiger partial charge in [-0.15, -0.1) is 0 Å². The van der Waals surface area contributed by atoms with E-state index in [1.165, 1.54) is 0 Å². The van der Waals surface area contributed by atoms with Gasteiger partial charge < -0.3 is 0 Å². The second-order valence-corrected chi connectivity index (χ2v) is 0. The summed E-state index contributed by atoms with van der Waals surface area (Å²) in [7, 11) is 0. The quantitative estimate of drug-likeness (QED) is 0.482. The van der Waals surface area contributed by atoms with Crippen LogP contribution < -0.4 is 0 Å². The van der Waals surface area contributed by atoms with E-state index in [0.717, 1.165) is 0 Å². The summed E-state index contributed by atoms with van der Waals surface area (Å²) in [5.74, 6) is 0. The van der Waals surface area contributed by atoms with E-state index in [4.69, 9.17) is 0 Å². The smallest absolute Gasteiger partial charge is 0 e. The molecule has 0 aliphatic heterocycles. The molecule has 0 bridgehead atoms. The van der Waals surface area contributed by atoms with Crippen LogP contribution in [0.5, 0.6) is 0 Å². The fraction of sp³-hybridized carbons (Fsp3) is 0. The summed E-state index contributed by atoms with van der Waals surface area (Å²) in [5, 5.41) is 0. The third-order valence-electron chi connectivity index (χ3n) is 0. The van der Waals surface area contributed by atoms with Gasteiger partial charge in [0.15, 0.2) is 0 Å². The first-order valence-corrected chi connectivity index (χ1v) is 0. The summed E-state index contributed by atoms with van der Waals surface area (Å²) in [5.41, 5.74) is 0. The van der Waals surface area contributed by atoms with E-state index < -0.39 is 0 Å². The number of hydrogen-bond donors (Lipinski definition) is 0. The molecular formula is BV4. The Morgan fingerprint density at radius 2 is 0.400 bits per heavy atom. The molecule has 0 aromatic rings. The van der Waals surface area contributed by atoms with Crippen LogP contribution in [0, 0.1) is 0 Å². The van der Waals surface area contributed by atoms with Crippen LogP contribution in [-0.4, -0.2) is 8.41 Å². The van der Waals surface area contributed by atoms with E-state index >= 15 is 0 Å². The summed E-state index contributed by atoms with van der Waals surface area (Å²) in [4.78, 5) is 0. The van der Waals surface area contributed by atoms with Crippen molar-refractivity contribution in [2.75, 3.05) is 0 Å². The van der Waals surface area contributed by atoms with Crippen LogP contribution in [0.1, 0.15) is 0 Å². The zero-order valence-electron chi connectivity index (χ0n) is 2.37. The minimum atomic E-state index is 0. The molecule has 0 unspecified atom stereocenters. The first-order chi connectivity index (χ1) is 0. The van der Waals surface area contributed by atoms with Crippen LogP contribution in [0.15, 0.2) is 0 Å². The van der Waals surface area contributed by atoms with Gasteiger partial charge in [-0.1, -0.05) is 0 Å². The summed E-state index contributed by atoms with van der Waals surface area (Å²) in [6, 6.07) is 0. The van der Waals surface area contributed by atoms with Crippen molar-refractivity contribution in [1.82, 2.24) is 0 Å². The van der Waals surface area contributed by atoms with Crippen molar-refractivity contribution in [3.8, 4) is 0 Å². The second-order valence-electron chi connectivity index (χ2n) is 0. The predicted octanol–water partition coefficient (Wildman–Crippen LogP) is -0.391. The fourth-order valence-electron chi connectivity index (χ4n) is 0. The van der Waals surface area contributed by atoms with Gasteiger partial charge >= 0.3 is 0 Å². The van der Waals surface area contributed by atoms with Crippen LogP contribution in [-0.2, 0) is 74.2 Å². The topological polar surface area (TPSA) is 0 Å². The first kappa shape index (κ1) is 52.6. The summed E-state index contributed by atoms with van der Waals surface area (Å²) >= 11 is 0. The summed E-state index contributed by atoms with van der Waals surface area (Å²) < 4.78 is 0. The Labute approximate surface area is 81.7 Å². The molecule has 0 saturated carbocycles. The summed E-state index contributed by atoms with van der Waals surface area (Å²) in [6.45, 7) is 0. The molecule has 5 heavy (non-hydrogen) atoms. The minimum Gasteiger partial charge on any atom is 0 e. The molecule has 0 amide bonds. The molecule has 23 valence electrons. The van der Waals surface area contributed by atoms with Gasteiger partial charge in [-0.2, -0.15) is 0 Å². The van der Waals surface area contributed by atoms with Gasteiger partial charge in [-0.25, -0.2) is 0 Å². The molecule has 0 aromatic heterocycles. The number of rotatable bonds is 0. The molecule has 0 atom stereocenters. The number of hydrogen-bond acceptors (Lipinski definition) is 0. The molecular weight excluding hydrogens is 215 g/mol. The predicted molar refractivity (Wildman–Crippen MR) is 5.75 cm³/mol. The molecule has 0 spiro atoms. The molecule has 0 saturated heterocycles. The Kier molecular flexibility index (Phi) is 340. The SMILES string of the molecule is [B].[V].[V].[V].[V]. The fourth-order valence-corrected chi connectivity index (χ4v) is 0. The molecule has 0 N–H and O–H groups in total. The van der Waals surface area contributed by atoms with Gasteiger partial charge in [0.25, 0.3) is 0 Å². The van der Waals surface area contributed by atoms with Crippen LogP contribution >= 0.6 is 0 Å².